The summed E-state index contributed by atoms with van der Waals surface area (Å²) in [5.74, 6) is 1.33. The standard InChI is InChI=1S/C12H14ClN3S/c1-3-4-9-15-10(7(2)12(14)16-9)11-8(13)5-6-17-11/h5-6H,3-4H2,1-2H3,(H2,14,15,16). The van der Waals surface area contributed by atoms with E-state index in [1.165, 1.54) is 0 Å². The Balaban J connectivity index is 2.56. The lowest BCUT2D eigenvalue weighted by molar-refractivity contribution is 0.836. The molecule has 0 saturated heterocycles. The van der Waals surface area contributed by atoms with Crippen LogP contribution in [0.5, 0.6) is 0 Å². The summed E-state index contributed by atoms with van der Waals surface area (Å²) in [4.78, 5) is 9.82. The maximum Gasteiger partial charge on any atom is 0.131 e. The van der Waals surface area contributed by atoms with Gasteiger partial charge in [-0.15, -0.1) is 11.3 Å². The topological polar surface area (TPSA) is 51.8 Å². The van der Waals surface area contributed by atoms with E-state index in [1.54, 1.807) is 11.3 Å². The smallest absolute Gasteiger partial charge is 0.131 e. The van der Waals surface area contributed by atoms with Crippen LogP contribution in [0.4, 0.5) is 5.82 Å². The second-order valence-corrected chi connectivity index (χ2v) is 5.17. The van der Waals surface area contributed by atoms with Crippen molar-refractivity contribution in [1.82, 2.24) is 9.97 Å². The van der Waals surface area contributed by atoms with Crippen molar-refractivity contribution in [2.24, 2.45) is 0 Å². The number of aryl methyl sites for hydroxylation is 1. The first-order valence-electron chi connectivity index (χ1n) is 5.49. The molecule has 5 heteroatoms. The Morgan fingerprint density at radius 2 is 2.18 bits per heavy atom. The molecule has 0 unspecified atom stereocenters. The summed E-state index contributed by atoms with van der Waals surface area (Å²) in [7, 11) is 0. The van der Waals surface area contributed by atoms with Crippen LogP contribution in [0.15, 0.2) is 11.4 Å². The number of nitrogens with zero attached hydrogens (tertiary/aromatic N) is 2. The number of halogens is 1. The lowest BCUT2D eigenvalue weighted by atomic mass is 10.2. The van der Waals surface area contributed by atoms with E-state index in [2.05, 4.69) is 16.9 Å². The van der Waals surface area contributed by atoms with Gasteiger partial charge in [-0.25, -0.2) is 9.97 Å². The van der Waals surface area contributed by atoms with Gasteiger partial charge in [0.1, 0.15) is 11.6 Å². The average Bonchev–Trinajstić information content (AvgIpc) is 2.70. The van der Waals surface area contributed by atoms with Crippen molar-refractivity contribution >= 4 is 28.8 Å². The monoisotopic (exact) mass is 267 g/mol. The van der Waals surface area contributed by atoms with Gasteiger partial charge in [0.25, 0.3) is 0 Å². The van der Waals surface area contributed by atoms with Crippen molar-refractivity contribution in [3.05, 3.63) is 27.9 Å². The van der Waals surface area contributed by atoms with E-state index >= 15 is 0 Å². The SMILES string of the molecule is CCCc1nc(N)c(C)c(-c2sccc2Cl)n1. The highest BCUT2D eigenvalue weighted by Gasteiger charge is 2.14. The molecule has 2 aromatic rings. The molecule has 0 radical (unpaired) electrons. The fraction of sp³-hybridized carbons (Fsp3) is 0.333. The lowest BCUT2D eigenvalue weighted by Gasteiger charge is -2.08. The molecule has 0 aliphatic heterocycles. The van der Waals surface area contributed by atoms with Crippen LogP contribution in [0, 0.1) is 6.92 Å². The fourth-order valence-corrected chi connectivity index (χ4v) is 2.79. The molecule has 2 rings (SSSR count). The van der Waals surface area contributed by atoms with E-state index in [9.17, 15) is 0 Å². The number of aromatic nitrogens is 2. The number of rotatable bonds is 3. The molecule has 2 heterocycles. The Morgan fingerprint density at radius 1 is 1.41 bits per heavy atom. The molecule has 90 valence electrons. The number of nitrogen functional groups attached to an aromatic ring is 1. The third-order valence-electron chi connectivity index (χ3n) is 2.54. The van der Waals surface area contributed by atoms with Gasteiger partial charge in [0, 0.05) is 12.0 Å². The molecule has 0 fully saturated rings. The summed E-state index contributed by atoms with van der Waals surface area (Å²) in [6.45, 7) is 4.02. The van der Waals surface area contributed by atoms with Gasteiger partial charge in [-0.3, -0.25) is 0 Å². The molecule has 2 N–H and O–H groups in total. The summed E-state index contributed by atoms with van der Waals surface area (Å²) in [6, 6.07) is 1.87. The van der Waals surface area contributed by atoms with Crippen LogP contribution >= 0.6 is 22.9 Å². The zero-order valence-electron chi connectivity index (χ0n) is 9.83. The third kappa shape index (κ3) is 2.42. The minimum atomic E-state index is 0.544. The van der Waals surface area contributed by atoms with Crippen molar-refractivity contribution in [3.63, 3.8) is 0 Å². The van der Waals surface area contributed by atoms with Crippen molar-refractivity contribution in [3.8, 4) is 10.6 Å². The number of nitrogens with two attached hydrogens (primary N) is 1. The second-order valence-electron chi connectivity index (χ2n) is 3.85. The van der Waals surface area contributed by atoms with Crippen LogP contribution in [0.25, 0.3) is 10.6 Å². The van der Waals surface area contributed by atoms with Gasteiger partial charge in [-0.05, 0) is 24.8 Å². The average molecular weight is 268 g/mol. The zero-order valence-corrected chi connectivity index (χ0v) is 11.4. The molecule has 0 saturated carbocycles. The minimum Gasteiger partial charge on any atom is -0.383 e. The van der Waals surface area contributed by atoms with E-state index in [0.717, 1.165) is 39.8 Å². The van der Waals surface area contributed by atoms with Crippen LogP contribution < -0.4 is 5.73 Å². The largest absolute Gasteiger partial charge is 0.383 e. The quantitative estimate of drug-likeness (QED) is 0.922. The Labute approximate surface area is 110 Å². The van der Waals surface area contributed by atoms with E-state index in [1.807, 2.05) is 18.4 Å². The van der Waals surface area contributed by atoms with Gasteiger partial charge in [0.2, 0.25) is 0 Å². The molecule has 17 heavy (non-hydrogen) atoms. The number of thiophene rings is 1. The molecule has 3 nitrogen and oxygen atoms in total. The molecule has 2 aromatic heterocycles. The molecule has 0 spiro atoms. The Hall–Kier alpha value is -1.13. The van der Waals surface area contributed by atoms with Gasteiger partial charge >= 0.3 is 0 Å². The molecule has 0 aromatic carbocycles. The Bertz CT molecular complexity index is 537. The number of hydrogen-bond donors (Lipinski definition) is 1. The van der Waals surface area contributed by atoms with Crippen LogP contribution in [0.3, 0.4) is 0 Å². The Morgan fingerprint density at radius 3 is 2.76 bits per heavy atom. The first kappa shape index (κ1) is 12.3. The van der Waals surface area contributed by atoms with E-state index in [-0.39, 0.29) is 0 Å². The molecular weight excluding hydrogens is 254 g/mol. The van der Waals surface area contributed by atoms with E-state index in [4.69, 9.17) is 17.3 Å². The van der Waals surface area contributed by atoms with Gasteiger partial charge in [-0.1, -0.05) is 18.5 Å². The molecule has 0 aliphatic carbocycles. The summed E-state index contributed by atoms with van der Waals surface area (Å²) in [5.41, 5.74) is 7.68. The highest BCUT2D eigenvalue weighted by atomic mass is 35.5. The molecule has 0 bridgehead atoms. The first-order valence-corrected chi connectivity index (χ1v) is 6.75. The van der Waals surface area contributed by atoms with Gasteiger partial charge < -0.3 is 5.73 Å². The fourth-order valence-electron chi connectivity index (χ4n) is 1.60. The van der Waals surface area contributed by atoms with Crippen molar-refractivity contribution < 1.29 is 0 Å². The van der Waals surface area contributed by atoms with E-state index < -0.39 is 0 Å². The Kier molecular flexibility index (Phi) is 3.64. The van der Waals surface area contributed by atoms with E-state index in [0.29, 0.717) is 5.82 Å². The van der Waals surface area contributed by atoms with Crippen molar-refractivity contribution in [2.75, 3.05) is 5.73 Å². The van der Waals surface area contributed by atoms with Crippen LogP contribution in [0.2, 0.25) is 5.02 Å². The summed E-state index contributed by atoms with van der Waals surface area (Å²) >= 11 is 7.71. The maximum atomic E-state index is 6.14. The minimum absolute atomic E-state index is 0.544. The molecular formula is C12H14ClN3S. The summed E-state index contributed by atoms with van der Waals surface area (Å²) in [5, 5.41) is 2.67. The van der Waals surface area contributed by atoms with Crippen molar-refractivity contribution in [1.29, 1.82) is 0 Å². The predicted octanol–water partition coefficient (Wildman–Crippen LogP) is 3.70. The van der Waals surface area contributed by atoms with Gasteiger partial charge in [0.05, 0.1) is 15.6 Å². The lowest BCUT2D eigenvalue weighted by Crippen LogP contribution is -2.04. The highest BCUT2D eigenvalue weighted by molar-refractivity contribution is 7.14. The van der Waals surface area contributed by atoms with Crippen LogP contribution in [-0.2, 0) is 6.42 Å². The zero-order chi connectivity index (χ0) is 12.4. The predicted molar refractivity (Wildman–Crippen MR) is 73.5 cm³/mol. The van der Waals surface area contributed by atoms with Gasteiger partial charge in [-0.2, -0.15) is 0 Å². The molecule has 0 amide bonds. The summed E-state index contributed by atoms with van der Waals surface area (Å²) in [6.07, 6.45) is 1.83. The second kappa shape index (κ2) is 5.02. The molecule has 0 aliphatic rings. The highest BCUT2D eigenvalue weighted by Crippen LogP contribution is 2.35. The number of hydrogen-bond acceptors (Lipinski definition) is 4. The number of anilines is 1. The van der Waals surface area contributed by atoms with Crippen LogP contribution in [0.1, 0.15) is 24.7 Å². The normalized spacial score (nSPS) is 10.8. The van der Waals surface area contributed by atoms with Crippen LogP contribution in [-0.4, -0.2) is 9.97 Å². The van der Waals surface area contributed by atoms with Crippen molar-refractivity contribution in [2.45, 2.75) is 26.7 Å². The molecule has 0 atom stereocenters. The first-order chi connectivity index (χ1) is 8.13. The maximum absolute atomic E-state index is 6.14. The van der Waals surface area contributed by atoms with Gasteiger partial charge in [0.15, 0.2) is 0 Å². The summed E-state index contributed by atoms with van der Waals surface area (Å²) < 4.78 is 0. The third-order valence-corrected chi connectivity index (χ3v) is 3.88.